The Kier molecular flexibility index (Phi) is 4.02. The number of hydrogen-bond donors (Lipinski definition) is 1. The van der Waals surface area contributed by atoms with E-state index < -0.39 is 12.1 Å². The standard InChI is InChI=1S/C16H16N2O4/c19-14(20)9-12-10-18(7-8-22-12)16(21)15-13-4-2-1-3-11(13)5-6-17-15/h1-6,12H,7-10H2,(H,19,20)/t12-/m1/s1. The average Bonchev–Trinajstić information content (AvgIpc) is 2.53. The summed E-state index contributed by atoms with van der Waals surface area (Å²) < 4.78 is 5.40. The van der Waals surface area contributed by atoms with Gasteiger partial charge in [-0.25, -0.2) is 0 Å². The van der Waals surface area contributed by atoms with Crippen molar-refractivity contribution in [3.05, 3.63) is 42.2 Å². The van der Waals surface area contributed by atoms with Crippen LogP contribution < -0.4 is 0 Å². The number of fused-ring (bicyclic) bond motifs is 1. The van der Waals surface area contributed by atoms with Gasteiger partial charge in [0.1, 0.15) is 5.69 Å². The fraction of sp³-hybridized carbons (Fsp3) is 0.312. The summed E-state index contributed by atoms with van der Waals surface area (Å²) in [6.07, 6.45) is 1.04. The number of aliphatic carboxylic acids is 1. The molecule has 3 rings (SSSR count). The number of carboxylic acids is 1. The molecule has 1 aromatic carbocycles. The molecule has 0 spiro atoms. The molecule has 2 heterocycles. The Morgan fingerprint density at radius 1 is 1.32 bits per heavy atom. The van der Waals surface area contributed by atoms with Gasteiger partial charge >= 0.3 is 5.97 Å². The molecule has 1 aliphatic rings. The van der Waals surface area contributed by atoms with E-state index in [1.807, 2.05) is 30.3 Å². The van der Waals surface area contributed by atoms with E-state index in [0.29, 0.717) is 18.8 Å². The smallest absolute Gasteiger partial charge is 0.306 e. The van der Waals surface area contributed by atoms with Crippen LogP contribution in [-0.2, 0) is 9.53 Å². The molecule has 6 nitrogen and oxygen atoms in total. The minimum Gasteiger partial charge on any atom is -0.481 e. The summed E-state index contributed by atoms with van der Waals surface area (Å²) in [7, 11) is 0. The van der Waals surface area contributed by atoms with E-state index in [4.69, 9.17) is 9.84 Å². The molecule has 1 aromatic heterocycles. The highest BCUT2D eigenvalue weighted by Gasteiger charge is 2.27. The quantitative estimate of drug-likeness (QED) is 0.930. The van der Waals surface area contributed by atoms with Crippen molar-refractivity contribution in [1.82, 2.24) is 9.88 Å². The molecule has 0 bridgehead atoms. The Balaban J connectivity index is 1.84. The molecule has 0 saturated carbocycles. The van der Waals surface area contributed by atoms with E-state index in [1.165, 1.54) is 0 Å². The Labute approximate surface area is 127 Å². The minimum atomic E-state index is -0.928. The van der Waals surface area contributed by atoms with Gasteiger partial charge in [0.15, 0.2) is 0 Å². The highest BCUT2D eigenvalue weighted by molar-refractivity contribution is 6.05. The van der Waals surface area contributed by atoms with Gasteiger partial charge in [-0.15, -0.1) is 0 Å². The fourth-order valence-electron chi connectivity index (χ4n) is 2.66. The first kappa shape index (κ1) is 14.5. The number of amides is 1. The van der Waals surface area contributed by atoms with E-state index >= 15 is 0 Å². The number of nitrogens with zero attached hydrogens (tertiary/aromatic N) is 2. The molecule has 1 fully saturated rings. The van der Waals surface area contributed by atoms with E-state index in [1.54, 1.807) is 11.1 Å². The normalized spacial score (nSPS) is 18.4. The zero-order chi connectivity index (χ0) is 15.5. The van der Waals surface area contributed by atoms with Crippen molar-refractivity contribution >= 4 is 22.6 Å². The molecule has 1 amide bonds. The summed E-state index contributed by atoms with van der Waals surface area (Å²) in [5.74, 6) is -1.11. The Bertz CT molecular complexity index is 711. The molecule has 22 heavy (non-hydrogen) atoms. The Morgan fingerprint density at radius 3 is 2.95 bits per heavy atom. The highest BCUT2D eigenvalue weighted by atomic mass is 16.5. The number of ether oxygens (including phenoxy) is 1. The largest absolute Gasteiger partial charge is 0.481 e. The van der Waals surface area contributed by atoms with Crippen molar-refractivity contribution in [1.29, 1.82) is 0 Å². The zero-order valence-corrected chi connectivity index (χ0v) is 11.9. The van der Waals surface area contributed by atoms with Crippen LogP contribution >= 0.6 is 0 Å². The van der Waals surface area contributed by atoms with Crippen LogP contribution in [0.4, 0.5) is 0 Å². The first-order valence-corrected chi connectivity index (χ1v) is 7.11. The summed E-state index contributed by atoms with van der Waals surface area (Å²) in [6, 6.07) is 9.44. The molecule has 0 unspecified atom stereocenters. The maximum atomic E-state index is 12.7. The topological polar surface area (TPSA) is 79.7 Å². The number of hydrogen-bond acceptors (Lipinski definition) is 4. The molecule has 0 radical (unpaired) electrons. The second-order valence-electron chi connectivity index (χ2n) is 5.22. The summed E-state index contributed by atoms with van der Waals surface area (Å²) in [6.45, 7) is 1.06. The SMILES string of the molecule is O=C(O)C[C@@H]1CN(C(=O)c2nccc3ccccc23)CCO1. The first-order valence-electron chi connectivity index (χ1n) is 7.11. The molecule has 114 valence electrons. The maximum absolute atomic E-state index is 12.7. The van der Waals surface area contributed by atoms with Gasteiger partial charge in [-0.3, -0.25) is 14.6 Å². The van der Waals surface area contributed by atoms with Gasteiger partial charge in [-0.1, -0.05) is 24.3 Å². The van der Waals surface area contributed by atoms with Crippen LogP contribution in [-0.4, -0.2) is 52.7 Å². The Morgan fingerprint density at radius 2 is 2.14 bits per heavy atom. The lowest BCUT2D eigenvalue weighted by Crippen LogP contribution is -2.46. The molecule has 2 aromatic rings. The van der Waals surface area contributed by atoms with Gasteiger partial charge in [0.05, 0.1) is 19.1 Å². The second-order valence-corrected chi connectivity index (χ2v) is 5.22. The zero-order valence-electron chi connectivity index (χ0n) is 11.9. The predicted molar refractivity (Wildman–Crippen MR) is 79.6 cm³/mol. The van der Waals surface area contributed by atoms with Gasteiger partial charge < -0.3 is 14.7 Å². The van der Waals surface area contributed by atoms with E-state index in [-0.39, 0.29) is 18.9 Å². The lowest BCUT2D eigenvalue weighted by molar-refractivity contribution is -0.141. The molecule has 1 N–H and O–H groups in total. The van der Waals surface area contributed by atoms with Crippen molar-refractivity contribution < 1.29 is 19.4 Å². The number of carboxylic acid groups (broad SMARTS) is 1. The van der Waals surface area contributed by atoms with Crippen molar-refractivity contribution in [2.75, 3.05) is 19.7 Å². The third-order valence-corrected chi connectivity index (χ3v) is 3.70. The van der Waals surface area contributed by atoms with Crippen molar-refractivity contribution in [3.8, 4) is 0 Å². The third-order valence-electron chi connectivity index (χ3n) is 3.70. The molecular formula is C16H16N2O4. The number of rotatable bonds is 3. The van der Waals surface area contributed by atoms with Crippen LogP contribution in [0, 0.1) is 0 Å². The van der Waals surface area contributed by atoms with Crippen molar-refractivity contribution in [2.45, 2.75) is 12.5 Å². The lowest BCUT2D eigenvalue weighted by atomic mass is 10.1. The first-order chi connectivity index (χ1) is 10.6. The summed E-state index contributed by atoms with van der Waals surface area (Å²) in [5.41, 5.74) is 0.397. The molecule has 0 aliphatic carbocycles. The number of morpholine rings is 1. The highest BCUT2D eigenvalue weighted by Crippen LogP contribution is 2.19. The van der Waals surface area contributed by atoms with E-state index in [0.717, 1.165) is 10.8 Å². The van der Waals surface area contributed by atoms with Crippen molar-refractivity contribution in [2.24, 2.45) is 0 Å². The second kappa shape index (κ2) is 6.11. The van der Waals surface area contributed by atoms with Gasteiger partial charge in [0.25, 0.3) is 5.91 Å². The molecule has 1 saturated heterocycles. The predicted octanol–water partition coefficient (Wildman–Crippen LogP) is 1.55. The maximum Gasteiger partial charge on any atom is 0.306 e. The van der Waals surface area contributed by atoms with Crippen LogP contribution in [0.5, 0.6) is 0 Å². The van der Waals surface area contributed by atoms with E-state index in [9.17, 15) is 9.59 Å². The molecular weight excluding hydrogens is 284 g/mol. The number of aromatic nitrogens is 1. The van der Waals surface area contributed by atoms with Gasteiger partial charge in [0.2, 0.25) is 0 Å². The summed E-state index contributed by atoms with van der Waals surface area (Å²) in [4.78, 5) is 29.3. The minimum absolute atomic E-state index is 0.104. The number of benzene rings is 1. The lowest BCUT2D eigenvalue weighted by Gasteiger charge is -2.32. The van der Waals surface area contributed by atoms with Gasteiger partial charge in [0, 0.05) is 24.7 Å². The number of pyridine rings is 1. The van der Waals surface area contributed by atoms with Crippen LogP contribution in [0.25, 0.3) is 10.8 Å². The van der Waals surface area contributed by atoms with E-state index in [2.05, 4.69) is 4.98 Å². The monoisotopic (exact) mass is 300 g/mol. The average molecular weight is 300 g/mol. The van der Waals surface area contributed by atoms with Gasteiger partial charge in [-0.2, -0.15) is 0 Å². The Hall–Kier alpha value is -2.47. The molecule has 6 heteroatoms. The third kappa shape index (κ3) is 2.92. The fourth-order valence-corrected chi connectivity index (χ4v) is 2.66. The van der Waals surface area contributed by atoms with Crippen LogP contribution in [0.2, 0.25) is 0 Å². The summed E-state index contributed by atoms with van der Waals surface area (Å²) >= 11 is 0. The number of carbonyl (C=O) groups excluding carboxylic acids is 1. The summed E-state index contributed by atoms with van der Waals surface area (Å²) in [5, 5.41) is 10.6. The molecule has 1 aliphatic heterocycles. The van der Waals surface area contributed by atoms with Crippen LogP contribution in [0.15, 0.2) is 36.5 Å². The number of carbonyl (C=O) groups is 2. The molecule has 1 atom stereocenters. The van der Waals surface area contributed by atoms with Crippen LogP contribution in [0.1, 0.15) is 16.9 Å². The van der Waals surface area contributed by atoms with Crippen molar-refractivity contribution in [3.63, 3.8) is 0 Å². The van der Waals surface area contributed by atoms with Crippen LogP contribution in [0.3, 0.4) is 0 Å². The van der Waals surface area contributed by atoms with Gasteiger partial charge in [-0.05, 0) is 11.5 Å².